The van der Waals surface area contributed by atoms with E-state index in [9.17, 15) is 4.79 Å². The summed E-state index contributed by atoms with van der Waals surface area (Å²) in [4.78, 5) is 16.3. The minimum absolute atomic E-state index is 0.186. The van der Waals surface area contributed by atoms with Crippen LogP contribution in [0.4, 0.5) is 0 Å². The maximum absolute atomic E-state index is 12.2. The average Bonchev–Trinajstić information content (AvgIpc) is 2.75. The van der Waals surface area contributed by atoms with Gasteiger partial charge in [-0.15, -0.1) is 0 Å². The Hall–Kier alpha value is -1.40. The van der Waals surface area contributed by atoms with Crippen molar-refractivity contribution in [3.05, 3.63) is 17.5 Å². The average molecular weight is 280 g/mol. The molecular weight excluding hydrogens is 256 g/mol. The van der Waals surface area contributed by atoms with Crippen molar-refractivity contribution in [1.82, 2.24) is 19.6 Å². The Balaban J connectivity index is 1.77. The van der Waals surface area contributed by atoms with Gasteiger partial charge in [-0.2, -0.15) is 5.10 Å². The molecule has 2 heterocycles. The zero-order valence-corrected chi connectivity index (χ0v) is 12.4. The normalized spacial score (nSPS) is 16.6. The first-order valence-electron chi connectivity index (χ1n) is 7.22. The molecule has 0 unspecified atom stereocenters. The molecule has 6 heteroatoms. The fourth-order valence-electron chi connectivity index (χ4n) is 2.62. The first-order valence-corrected chi connectivity index (χ1v) is 7.22. The Kier molecular flexibility index (Phi) is 5.14. The third kappa shape index (κ3) is 3.80. The summed E-state index contributed by atoms with van der Waals surface area (Å²) in [6.45, 7) is 8.74. The van der Waals surface area contributed by atoms with Gasteiger partial charge in [0, 0.05) is 51.4 Å². The number of β-amino-alcohol motifs (C(OH)–C–C–N with tert-alkyl or cyclic N) is 1. The summed E-state index contributed by atoms with van der Waals surface area (Å²) < 4.78 is 1.90. The zero-order chi connectivity index (χ0) is 14.5. The van der Waals surface area contributed by atoms with Gasteiger partial charge in [0.15, 0.2) is 0 Å². The van der Waals surface area contributed by atoms with E-state index in [0.717, 1.165) is 37.6 Å². The number of aryl methyl sites for hydroxylation is 3. The number of aromatic nitrogens is 2. The van der Waals surface area contributed by atoms with Gasteiger partial charge in [-0.1, -0.05) is 0 Å². The first kappa shape index (κ1) is 15.0. The molecule has 0 aliphatic carbocycles. The van der Waals surface area contributed by atoms with Crippen LogP contribution in [0.25, 0.3) is 0 Å². The summed E-state index contributed by atoms with van der Waals surface area (Å²) in [6, 6.07) is 2.03. The lowest BCUT2D eigenvalue weighted by Gasteiger charge is -2.34. The third-order valence-electron chi connectivity index (χ3n) is 3.78. The highest BCUT2D eigenvalue weighted by atomic mass is 16.3. The number of piperazine rings is 1. The van der Waals surface area contributed by atoms with Gasteiger partial charge in [0.2, 0.25) is 5.91 Å². The third-order valence-corrected chi connectivity index (χ3v) is 3.78. The Morgan fingerprint density at radius 1 is 1.25 bits per heavy atom. The molecule has 0 aromatic carbocycles. The van der Waals surface area contributed by atoms with Crippen LogP contribution in [0.15, 0.2) is 6.07 Å². The predicted octanol–water partition coefficient (Wildman–Crippen LogP) is 0.0265. The number of carbonyl (C=O) groups is 1. The van der Waals surface area contributed by atoms with Gasteiger partial charge < -0.3 is 10.0 Å². The number of hydrogen-bond donors (Lipinski definition) is 1. The van der Waals surface area contributed by atoms with Crippen molar-refractivity contribution in [1.29, 1.82) is 0 Å². The van der Waals surface area contributed by atoms with Crippen molar-refractivity contribution in [2.24, 2.45) is 0 Å². The van der Waals surface area contributed by atoms with Crippen LogP contribution in [0.2, 0.25) is 0 Å². The number of carbonyl (C=O) groups excluding carboxylic acids is 1. The van der Waals surface area contributed by atoms with E-state index in [2.05, 4.69) is 10.00 Å². The molecule has 0 bridgehead atoms. The van der Waals surface area contributed by atoms with E-state index < -0.39 is 0 Å². The van der Waals surface area contributed by atoms with E-state index in [0.29, 0.717) is 19.5 Å². The lowest BCUT2D eigenvalue weighted by atomic mass is 10.2. The van der Waals surface area contributed by atoms with E-state index in [-0.39, 0.29) is 12.5 Å². The lowest BCUT2D eigenvalue weighted by molar-refractivity contribution is -0.133. The van der Waals surface area contributed by atoms with Crippen LogP contribution in [0.1, 0.15) is 17.8 Å². The molecule has 6 nitrogen and oxygen atoms in total. The number of nitrogens with zero attached hydrogens (tertiary/aromatic N) is 4. The summed E-state index contributed by atoms with van der Waals surface area (Å²) in [5, 5.41) is 13.3. The summed E-state index contributed by atoms with van der Waals surface area (Å²) in [5.41, 5.74) is 2.09. The number of rotatable bonds is 5. The second kappa shape index (κ2) is 6.85. The van der Waals surface area contributed by atoms with Crippen molar-refractivity contribution >= 4 is 5.91 Å². The van der Waals surface area contributed by atoms with E-state index in [1.165, 1.54) is 0 Å². The van der Waals surface area contributed by atoms with Gasteiger partial charge in [-0.3, -0.25) is 14.4 Å². The number of aliphatic hydroxyl groups is 1. The molecule has 1 aliphatic heterocycles. The monoisotopic (exact) mass is 280 g/mol. The standard InChI is InChI=1S/C14H24N4O2/c1-12-11-13(2)18(15-12)4-3-14(20)17-7-5-16(6-8-17)9-10-19/h11,19H,3-10H2,1-2H3. The number of hydrogen-bond acceptors (Lipinski definition) is 4. The SMILES string of the molecule is Cc1cc(C)n(CCC(=O)N2CCN(CCO)CC2)n1. The summed E-state index contributed by atoms with van der Waals surface area (Å²) in [7, 11) is 0. The largest absolute Gasteiger partial charge is 0.395 e. The van der Waals surface area contributed by atoms with Gasteiger partial charge in [0.1, 0.15) is 0 Å². The molecule has 112 valence electrons. The van der Waals surface area contributed by atoms with Crippen molar-refractivity contribution in [2.75, 3.05) is 39.3 Å². The Labute approximate surface area is 120 Å². The maximum atomic E-state index is 12.2. The second-order valence-corrected chi connectivity index (χ2v) is 5.35. The van der Waals surface area contributed by atoms with Gasteiger partial charge in [0.25, 0.3) is 0 Å². The Morgan fingerprint density at radius 2 is 1.95 bits per heavy atom. The molecule has 0 atom stereocenters. The molecule has 1 fully saturated rings. The molecule has 1 N–H and O–H groups in total. The summed E-state index contributed by atoms with van der Waals surface area (Å²) in [6.07, 6.45) is 0.502. The van der Waals surface area contributed by atoms with Crippen LogP contribution in [0.5, 0.6) is 0 Å². The maximum Gasteiger partial charge on any atom is 0.224 e. The van der Waals surface area contributed by atoms with Crippen LogP contribution in [0, 0.1) is 13.8 Å². The Morgan fingerprint density at radius 3 is 2.50 bits per heavy atom. The highest BCUT2D eigenvalue weighted by Crippen LogP contribution is 2.06. The minimum atomic E-state index is 0.186. The molecule has 1 aromatic heterocycles. The molecule has 0 saturated carbocycles. The molecular formula is C14H24N4O2. The van der Waals surface area contributed by atoms with Crippen molar-refractivity contribution in [3.63, 3.8) is 0 Å². The highest BCUT2D eigenvalue weighted by molar-refractivity contribution is 5.76. The van der Waals surface area contributed by atoms with Crippen molar-refractivity contribution in [3.8, 4) is 0 Å². The number of amides is 1. The van der Waals surface area contributed by atoms with Gasteiger partial charge in [-0.25, -0.2) is 0 Å². The van der Waals surface area contributed by atoms with Gasteiger partial charge in [-0.05, 0) is 19.9 Å². The summed E-state index contributed by atoms with van der Waals surface area (Å²) >= 11 is 0. The van der Waals surface area contributed by atoms with E-state index in [1.54, 1.807) is 0 Å². The molecule has 1 aliphatic rings. The topological polar surface area (TPSA) is 61.6 Å². The fourth-order valence-corrected chi connectivity index (χ4v) is 2.62. The molecule has 20 heavy (non-hydrogen) atoms. The van der Waals surface area contributed by atoms with E-state index in [4.69, 9.17) is 5.11 Å². The van der Waals surface area contributed by atoms with Crippen LogP contribution in [-0.2, 0) is 11.3 Å². The molecule has 0 spiro atoms. The van der Waals surface area contributed by atoms with E-state index in [1.807, 2.05) is 29.5 Å². The van der Waals surface area contributed by atoms with Gasteiger partial charge >= 0.3 is 0 Å². The second-order valence-electron chi connectivity index (χ2n) is 5.35. The minimum Gasteiger partial charge on any atom is -0.395 e. The van der Waals surface area contributed by atoms with Crippen molar-refractivity contribution in [2.45, 2.75) is 26.8 Å². The van der Waals surface area contributed by atoms with Crippen LogP contribution in [0.3, 0.4) is 0 Å². The van der Waals surface area contributed by atoms with Crippen LogP contribution in [-0.4, -0.2) is 69.9 Å². The zero-order valence-electron chi connectivity index (χ0n) is 12.4. The molecule has 1 saturated heterocycles. The van der Waals surface area contributed by atoms with Crippen LogP contribution >= 0.6 is 0 Å². The number of aliphatic hydroxyl groups excluding tert-OH is 1. The molecule has 1 aromatic rings. The van der Waals surface area contributed by atoms with E-state index >= 15 is 0 Å². The highest BCUT2D eigenvalue weighted by Gasteiger charge is 2.20. The predicted molar refractivity (Wildman–Crippen MR) is 76.4 cm³/mol. The summed E-state index contributed by atoms with van der Waals surface area (Å²) in [5.74, 6) is 0.196. The quantitative estimate of drug-likeness (QED) is 0.826. The van der Waals surface area contributed by atoms with Crippen molar-refractivity contribution < 1.29 is 9.90 Å². The fraction of sp³-hybridized carbons (Fsp3) is 0.714. The van der Waals surface area contributed by atoms with Crippen LogP contribution < -0.4 is 0 Å². The Bertz CT molecular complexity index is 450. The van der Waals surface area contributed by atoms with Gasteiger partial charge in [0.05, 0.1) is 12.3 Å². The molecule has 0 radical (unpaired) electrons. The first-order chi connectivity index (χ1) is 9.60. The molecule has 1 amide bonds. The lowest BCUT2D eigenvalue weighted by Crippen LogP contribution is -2.49. The molecule has 2 rings (SSSR count). The smallest absolute Gasteiger partial charge is 0.224 e.